The predicted octanol–water partition coefficient (Wildman–Crippen LogP) is 1.78. The second-order valence-corrected chi connectivity index (χ2v) is 5.41. The lowest BCUT2D eigenvalue weighted by molar-refractivity contribution is 0.163. The van der Waals surface area contributed by atoms with Crippen molar-refractivity contribution in [2.24, 2.45) is 5.14 Å². The Morgan fingerprint density at radius 1 is 1.42 bits per heavy atom. The molecule has 1 unspecified atom stereocenters. The van der Waals surface area contributed by atoms with E-state index in [1.54, 1.807) is 6.08 Å². The SMILES string of the molecule is NS(=O)(=O)OC(C1=COC=CO1)C1=C(Cl)C=CCC1. The highest BCUT2D eigenvalue weighted by Gasteiger charge is 2.29. The second-order valence-electron chi connectivity index (χ2n) is 3.83. The van der Waals surface area contributed by atoms with Gasteiger partial charge in [0.25, 0.3) is 0 Å². The predicted molar refractivity (Wildman–Crippen MR) is 68.6 cm³/mol. The fraction of sp³-hybridized carbons (Fsp3) is 0.273. The van der Waals surface area contributed by atoms with Crippen LogP contribution in [0.15, 0.2) is 47.3 Å². The molecule has 1 aliphatic carbocycles. The molecule has 1 aliphatic heterocycles. The molecule has 8 heteroatoms. The van der Waals surface area contributed by atoms with Crippen molar-refractivity contribution in [3.8, 4) is 0 Å². The molecular weight excluding hydrogens is 294 g/mol. The van der Waals surface area contributed by atoms with E-state index in [2.05, 4.69) is 0 Å². The van der Waals surface area contributed by atoms with Crippen LogP contribution in [0.1, 0.15) is 12.8 Å². The lowest BCUT2D eigenvalue weighted by atomic mass is 9.98. The molecule has 2 aliphatic rings. The van der Waals surface area contributed by atoms with Crippen molar-refractivity contribution in [3.63, 3.8) is 0 Å². The zero-order chi connectivity index (χ0) is 13.9. The highest BCUT2D eigenvalue weighted by molar-refractivity contribution is 7.84. The van der Waals surface area contributed by atoms with E-state index in [4.69, 9.17) is 30.4 Å². The van der Waals surface area contributed by atoms with Crippen LogP contribution in [0.3, 0.4) is 0 Å². The third kappa shape index (κ3) is 3.84. The number of ether oxygens (including phenoxy) is 2. The third-order valence-electron chi connectivity index (χ3n) is 2.48. The zero-order valence-corrected chi connectivity index (χ0v) is 11.4. The van der Waals surface area contributed by atoms with Crippen LogP contribution in [0, 0.1) is 0 Å². The summed E-state index contributed by atoms with van der Waals surface area (Å²) in [6.07, 6.45) is 7.60. The van der Waals surface area contributed by atoms with Gasteiger partial charge in [0.1, 0.15) is 18.8 Å². The molecule has 6 nitrogen and oxygen atoms in total. The Morgan fingerprint density at radius 3 is 2.79 bits per heavy atom. The summed E-state index contributed by atoms with van der Waals surface area (Å²) in [6, 6.07) is 0. The van der Waals surface area contributed by atoms with Crippen LogP contribution >= 0.6 is 11.6 Å². The van der Waals surface area contributed by atoms with E-state index in [9.17, 15) is 8.42 Å². The first-order valence-electron chi connectivity index (χ1n) is 5.40. The van der Waals surface area contributed by atoms with Crippen LogP contribution in [0.2, 0.25) is 0 Å². The molecule has 0 spiro atoms. The standard InChI is InChI=1S/C11H12ClNO5S/c12-9-4-2-1-3-8(9)11(18-19(13,14)15)10-7-16-5-6-17-10/h2,4-7,11H,1,3H2,(H2,13,14,15). The average Bonchev–Trinajstić information content (AvgIpc) is 2.37. The molecule has 0 radical (unpaired) electrons. The highest BCUT2D eigenvalue weighted by atomic mass is 35.5. The van der Waals surface area contributed by atoms with Crippen molar-refractivity contribution >= 4 is 21.9 Å². The molecule has 1 atom stereocenters. The smallest absolute Gasteiger partial charge is 0.334 e. The lowest BCUT2D eigenvalue weighted by Gasteiger charge is -2.24. The summed E-state index contributed by atoms with van der Waals surface area (Å²) >= 11 is 6.06. The molecule has 0 aromatic heterocycles. The van der Waals surface area contributed by atoms with Gasteiger partial charge in [0, 0.05) is 5.03 Å². The topological polar surface area (TPSA) is 87.9 Å². The summed E-state index contributed by atoms with van der Waals surface area (Å²) in [5, 5.41) is 5.32. The first-order valence-corrected chi connectivity index (χ1v) is 7.25. The average molecular weight is 306 g/mol. The molecule has 0 aromatic carbocycles. The second kappa shape index (κ2) is 5.79. The van der Waals surface area contributed by atoms with E-state index in [1.807, 2.05) is 6.08 Å². The van der Waals surface area contributed by atoms with Gasteiger partial charge in [-0.25, -0.2) is 9.32 Å². The van der Waals surface area contributed by atoms with Gasteiger partial charge in [-0.2, -0.15) is 8.42 Å². The van der Waals surface area contributed by atoms with Crippen molar-refractivity contribution in [1.82, 2.24) is 0 Å². The van der Waals surface area contributed by atoms with E-state index < -0.39 is 16.4 Å². The van der Waals surface area contributed by atoms with Crippen LogP contribution < -0.4 is 5.14 Å². The molecule has 0 saturated carbocycles. The molecule has 2 rings (SSSR count). The van der Waals surface area contributed by atoms with Crippen molar-refractivity contribution in [2.45, 2.75) is 18.9 Å². The molecular formula is C11H12ClNO5S. The molecule has 104 valence electrons. The van der Waals surface area contributed by atoms with Crippen molar-refractivity contribution in [3.05, 3.63) is 47.3 Å². The molecule has 0 fully saturated rings. The van der Waals surface area contributed by atoms with E-state index in [1.165, 1.54) is 18.8 Å². The van der Waals surface area contributed by atoms with Gasteiger partial charge in [-0.15, -0.1) is 0 Å². The fourth-order valence-corrected chi connectivity index (χ4v) is 2.48. The number of allylic oxidation sites excluding steroid dienone is 3. The fourth-order valence-electron chi connectivity index (χ4n) is 1.72. The number of hydrogen-bond donors (Lipinski definition) is 1. The van der Waals surface area contributed by atoms with Gasteiger partial charge in [0.15, 0.2) is 11.9 Å². The summed E-state index contributed by atoms with van der Waals surface area (Å²) in [6.45, 7) is 0. The first-order chi connectivity index (χ1) is 8.97. The van der Waals surface area contributed by atoms with E-state index >= 15 is 0 Å². The quantitative estimate of drug-likeness (QED) is 0.855. The van der Waals surface area contributed by atoms with Crippen LogP contribution in [0.25, 0.3) is 0 Å². The maximum absolute atomic E-state index is 11.2. The molecule has 1 heterocycles. The maximum Gasteiger partial charge on any atom is 0.334 e. The molecule has 0 bridgehead atoms. The Balaban J connectivity index is 2.34. The number of hydrogen-bond acceptors (Lipinski definition) is 5. The number of nitrogens with two attached hydrogens (primary N) is 1. The van der Waals surface area contributed by atoms with Crippen LogP contribution in [0.5, 0.6) is 0 Å². The maximum atomic E-state index is 11.2. The van der Waals surface area contributed by atoms with E-state index in [0.717, 1.165) is 6.42 Å². The van der Waals surface area contributed by atoms with Gasteiger partial charge in [-0.1, -0.05) is 17.7 Å². The van der Waals surface area contributed by atoms with Gasteiger partial charge in [0.2, 0.25) is 0 Å². The molecule has 0 aromatic rings. The largest absolute Gasteiger partial charge is 0.466 e. The summed E-state index contributed by atoms with van der Waals surface area (Å²) < 4.78 is 37.3. The summed E-state index contributed by atoms with van der Waals surface area (Å²) in [5.74, 6) is 0.167. The van der Waals surface area contributed by atoms with Gasteiger partial charge >= 0.3 is 10.3 Å². The summed E-state index contributed by atoms with van der Waals surface area (Å²) in [5.41, 5.74) is 0.573. The van der Waals surface area contributed by atoms with Crippen LogP contribution in [-0.2, 0) is 24.0 Å². The Morgan fingerprint density at radius 2 is 2.21 bits per heavy atom. The Kier molecular flexibility index (Phi) is 4.31. The Hall–Kier alpha value is -1.28. The summed E-state index contributed by atoms with van der Waals surface area (Å²) in [7, 11) is -4.16. The van der Waals surface area contributed by atoms with Crippen molar-refractivity contribution < 1.29 is 22.1 Å². The van der Waals surface area contributed by atoms with Crippen LogP contribution in [0.4, 0.5) is 0 Å². The monoisotopic (exact) mass is 305 g/mol. The third-order valence-corrected chi connectivity index (χ3v) is 3.31. The minimum atomic E-state index is -4.16. The molecule has 0 saturated heterocycles. The Labute approximate surface area is 116 Å². The summed E-state index contributed by atoms with van der Waals surface area (Å²) in [4.78, 5) is 0. The van der Waals surface area contributed by atoms with Crippen molar-refractivity contribution in [2.75, 3.05) is 0 Å². The van der Waals surface area contributed by atoms with Gasteiger partial charge in [0.05, 0.1) is 0 Å². The number of rotatable bonds is 4. The highest BCUT2D eigenvalue weighted by Crippen LogP contribution is 2.31. The minimum absolute atomic E-state index is 0.167. The van der Waals surface area contributed by atoms with E-state index in [0.29, 0.717) is 17.0 Å². The molecule has 0 amide bonds. The lowest BCUT2D eigenvalue weighted by Crippen LogP contribution is -2.29. The van der Waals surface area contributed by atoms with E-state index in [-0.39, 0.29) is 5.76 Å². The molecule has 19 heavy (non-hydrogen) atoms. The normalized spacial score (nSPS) is 20.6. The van der Waals surface area contributed by atoms with Gasteiger partial charge in [-0.3, -0.25) is 0 Å². The molecule has 2 N–H and O–H groups in total. The zero-order valence-electron chi connectivity index (χ0n) is 9.78. The van der Waals surface area contributed by atoms with Gasteiger partial charge < -0.3 is 9.47 Å². The minimum Gasteiger partial charge on any atom is -0.466 e. The van der Waals surface area contributed by atoms with Crippen LogP contribution in [-0.4, -0.2) is 14.5 Å². The van der Waals surface area contributed by atoms with Crippen molar-refractivity contribution in [1.29, 1.82) is 0 Å². The Bertz CT molecular complexity index is 576. The van der Waals surface area contributed by atoms with Gasteiger partial charge in [-0.05, 0) is 24.5 Å². The number of halogens is 1. The first kappa shape index (κ1) is 14.1.